The van der Waals surface area contributed by atoms with Crippen molar-refractivity contribution in [2.75, 3.05) is 5.75 Å². The van der Waals surface area contributed by atoms with Gasteiger partial charge in [-0.05, 0) is 39.2 Å². The Morgan fingerprint density at radius 2 is 1.95 bits per heavy atom. The van der Waals surface area contributed by atoms with Gasteiger partial charge in [0.05, 0.1) is 13.0 Å². The van der Waals surface area contributed by atoms with Crippen LogP contribution in [-0.4, -0.2) is 80.3 Å². The number of amides is 3. The van der Waals surface area contributed by atoms with Crippen molar-refractivity contribution in [1.82, 2.24) is 26.4 Å². The van der Waals surface area contributed by atoms with E-state index in [9.17, 15) is 33.6 Å². The number of hydrogen-bond donors (Lipinski definition) is 5. The fourth-order valence-electron chi connectivity index (χ4n) is 3.36. The van der Waals surface area contributed by atoms with Crippen LogP contribution in [0, 0.1) is 5.92 Å². The maximum absolute atomic E-state index is 13.2. The highest BCUT2D eigenvalue weighted by molar-refractivity contribution is 8.13. The molecule has 0 aromatic carbocycles. The van der Waals surface area contributed by atoms with Crippen LogP contribution in [0.3, 0.4) is 0 Å². The van der Waals surface area contributed by atoms with Gasteiger partial charge in [0.25, 0.3) is 5.91 Å². The van der Waals surface area contributed by atoms with Crippen molar-refractivity contribution in [3.63, 3.8) is 0 Å². The Morgan fingerprint density at radius 3 is 2.60 bits per heavy atom. The van der Waals surface area contributed by atoms with Gasteiger partial charge in [-0.3, -0.25) is 19.2 Å². The van der Waals surface area contributed by atoms with E-state index in [1.165, 1.54) is 32.2 Å². The summed E-state index contributed by atoms with van der Waals surface area (Å²) in [5.74, 6) is -5.90. The molecule has 3 amide bonds. The van der Waals surface area contributed by atoms with Crippen molar-refractivity contribution in [3.8, 4) is 0 Å². The van der Waals surface area contributed by atoms with Crippen LogP contribution in [0.25, 0.3) is 0 Å². The van der Waals surface area contributed by atoms with E-state index in [1.54, 1.807) is 19.9 Å². The standard InChI is InChI=1S/C26H35N5O10S2/c1-13(2)19-22(36)40-15(8-6-7-9-42-24(38)14(3)31-41-23(37)21(34)35)10-17(32)27-11-18-28-16(12-43-18)20(33)30-26(4,5)25(39)29-19/h6,8,12-15,19,31H,7,9-11H2,1-5H3,(H,27,32)(H,29,39)(H,30,33)(H,34,35)/b8-6+/t14-,15-,19+/m1/s1. The van der Waals surface area contributed by atoms with Gasteiger partial charge in [-0.15, -0.1) is 16.8 Å². The number of hydrogen-bond acceptors (Lipinski definition) is 13. The molecular formula is C26H35N5O10S2. The SMILES string of the molecule is CC(C)[C@@H]1NC(=O)C(C)(C)NC(=O)c2csc(n2)CNC(=O)C[C@@H](/C=C/CCSC(=O)[C@@H](C)NOC(=O)C(=O)O)OC1=O. The zero-order valence-electron chi connectivity index (χ0n) is 24.3. The van der Waals surface area contributed by atoms with Gasteiger partial charge in [0.15, 0.2) is 0 Å². The van der Waals surface area contributed by atoms with E-state index in [0.717, 1.165) is 23.1 Å². The number of cyclic esters (lactones) is 1. The molecule has 1 aliphatic heterocycles. The number of thioether (sulfide) groups is 1. The minimum Gasteiger partial charge on any atom is -0.473 e. The number of esters is 1. The lowest BCUT2D eigenvalue weighted by atomic mass is 9.99. The van der Waals surface area contributed by atoms with Crippen LogP contribution in [0.5, 0.6) is 0 Å². The van der Waals surface area contributed by atoms with Crippen LogP contribution in [0.15, 0.2) is 17.5 Å². The molecule has 0 aliphatic carbocycles. The second-order valence-electron chi connectivity index (χ2n) is 10.3. The molecule has 0 fully saturated rings. The first-order chi connectivity index (χ1) is 20.1. The smallest absolute Gasteiger partial charge is 0.435 e. The maximum atomic E-state index is 13.2. The summed E-state index contributed by atoms with van der Waals surface area (Å²) in [6.45, 7) is 7.82. The number of nitrogens with one attached hydrogen (secondary N) is 4. The van der Waals surface area contributed by atoms with Gasteiger partial charge in [-0.25, -0.2) is 19.4 Å². The number of aromatic nitrogens is 1. The predicted molar refractivity (Wildman–Crippen MR) is 154 cm³/mol. The Hall–Kier alpha value is -3.83. The van der Waals surface area contributed by atoms with Crippen molar-refractivity contribution < 1.29 is 48.2 Å². The molecule has 1 aliphatic rings. The summed E-state index contributed by atoms with van der Waals surface area (Å²) in [6.07, 6.45) is 2.21. The number of carbonyl (C=O) groups is 7. The number of aliphatic carboxylic acids is 1. The molecule has 3 atom stereocenters. The van der Waals surface area contributed by atoms with Crippen molar-refractivity contribution in [3.05, 3.63) is 28.2 Å². The number of nitrogens with zero attached hydrogens (tertiary/aromatic N) is 1. The molecule has 1 aromatic heterocycles. The Balaban J connectivity index is 2.12. The minimum atomic E-state index is -1.81. The van der Waals surface area contributed by atoms with Crippen LogP contribution >= 0.6 is 23.1 Å². The van der Waals surface area contributed by atoms with Gasteiger partial charge in [-0.2, -0.15) is 0 Å². The number of hydroxylamine groups is 1. The van der Waals surface area contributed by atoms with E-state index < -0.39 is 70.4 Å². The number of carboxylic acid groups (broad SMARTS) is 1. The summed E-state index contributed by atoms with van der Waals surface area (Å²) >= 11 is 2.05. The molecule has 0 saturated carbocycles. The average Bonchev–Trinajstić information content (AvgIpc) is 3.41. The molecule has 17 heteroatoms. The van der Waals surface area contributed by atoms with Gasteiger partial charge in [0.1, 0.15) is 34.4 Å². The van der Waals surface area contributed by atoms with Crippen LogP contribution in [0.1, 0.15) is 63.0 Å². The Morgan fingerprint density at radius 1 is 1.26 bits per heavy atom. The largest absolute Gasteiger partial charge is 0.473 e. The van der Waals surface area contributed by atoms with E-state index in [1.807, 2.05) is 0 Å². The molecular weight excluding hydrogens is 606 g/mol. The van der Waals surface area contributed by atoms with Crippen LogP contribution in [0.4, 0.5) is 0 Å². The quantitative estimate of drug-likeness (QED) is 0.0857. The number of rotatable bonds is 8. The number of carboxylic acids is 1. The van der Waals surface area contributed by atoms with Gasteiger partial charge in [-0.1, -0.05) is 31.7 Å². The highest BCUT2D eigenvalue weighted by atomic mass is 32.2. The summed E-state index contributed by atoms with van der Waals surface area (Å²) in [6, 6.07) is -2.05. The Kier molecular flexibility index (Phi) is 13.3. The summed E-state index contributed by atoms with van der Waals surface area (Å²) in [4.78, 5) is 93.7. The first kappa shape index (κ1) is 35.4. The zero-order valence-corrected chi connectivity index (χ0v) is 25.9. The molecule has 0 saturated heterocycles. The monoisotopic (exact) mass is 641 g/mol. The van der Waals surface area contributed by atoms with Gasteiger partial charge in [0.2, 0.25) is 16.9 Å². The first-order valence-corrected chi connectivity index (χ1v) is 15.0. The summed E-state index contributed by atoms with van der Waals surface area (Å²) < 4.78 is 5.62. The normalized spacial score (nSPS) is 20.5. The second-order valence-corrected chi connectivity index (χ2v) is 12.3. The zero-order chi connectivity index (χ0) is 32.3. The third-order valence-corrected chi connectivity index (χ3v) is 7.74. The van der Waals surface area contributed by atoms with Gasteiger partial charge < -0.3 is 30.6 Å². The Labute approximate surface area is 255 Å². The first-order valence-electron chi connectivity index (χ1n) is 13.2. The van der Waals surface area contributed by atoms with E-state index in [2.05, 4.69) is 31.3 Å². The third kappa shape index (κ3) is 11.4. The molecule has 2 bridgehead atoms. The summed E-state index contributed by atoms with van der Waals surface area (Å²) in [7, 11) is 0. The van der Waals surface area contributed by atoms with Crippen molar-refractivity contribution in [1.29, 1.82) is 0 Å². The van der Waals surface area contributed by atoms with Gasteiger partial charge in [0, 0.05) is 11.1 Å². The lowest BCUT2D eigenvalue weighted by Crippen LogP contribution is -2.59. The fourth-order valence-corrected chi connectivity index (χ4v) is 4.82. The molecule has 5 N–H and O–H groups in total. The Bertz CT molecular complexity index is 1260. The highest BCUT2D eigenvalue weighted by Gasteiger charge is 2.36. The molecule has 0 unspecified atom stereocenters. The van der Waals surface area contributed by atoms with E-state index in [0.29, 0.717) is 11.4 Å². The van der Waals surface area contributed by atoms with E-state index in [4.69, 9.17) is 9.84 Å². The third-order valence-electron chi connectivity index (χ3n) is 5.81. The van der Waals surface area contributed by atoms with Gasteiger partial charge >= 0.3 is 17.9 Å². The molecule has 1 aromatic rings. The van der Waals surface area contributed by atoms with Crippen molar-refractivity contribution in [2.45, 2.75) is 77.7 Å². The summed E-state index contributed by atoms with van der Waals surface area (Å²) in [5.41, 5.74) is 0.763. The molecule has 2 rings (SSSR count). The number of ether oxygens (including phenoxy) is 1. The van der Waals surface area contributed by atoms with Crippen molar-refractivity contribution in [2.24, 2.45) is 5.92 Å². The molecule has 0 radical (unpaired) electrons. The number of thiazole rings is 1. The van der Waals surface area contributed by atoms with E-state index >= 15 is 0 Å². The maximum Gasteiger partial charge on any atom is 0.435 e. The minimum absolute atomic E-state index is 0.0341. The number of allylic oxidation sites excluding steroid dienone is 1. The molecule has 15 nitrogen and oxygen atoms in total. The lowest BCUT2D eigenvalue weighted by molar-refractivity contribution is -0.170. The topological polar surface area (TPSA) is 219 Å². The summed E-state index contributed by atoms with van der Waals surface area (Å²) in [5, 5.41) is 18.0. The fraction of sp³-hybridized carbons (Fsp3) is 0.538. The molecule has 236 valence electrons. The van der Waals surface area contributed by atoms with Crippen molar-refractivity contribution >= 4 is 63.8 Å². The van der Waals surface area contributed by atoms with Crippen LogP contribution in [0.2, 0.25) is 0 Å². The van der Waals surface area contributed by atoms with Crippen LogP contribution < -0.4 is 21.4 Å². The van der Waals surface area contributed by atoms with E-state index in [-0.39, 0.29) is 24.4 Å². The second kappa shape index (κ2) is 16.1. The predicted octanol–water partition coefficient (Wildman–Crippen LogP) is 0.451. The number of fused-ring (bicyclic) bond motifs is 2. The molecule has 0 spiro atoms. The molecule has 43 heavy (non-hydrogen) atoms. The highest BCUT2D eigenvalue weighted by Crippen LogP contribution is 2.16. The lowest BCUT2D eigenvalue weighted by Gasteiger charge is -2.29. The average molecular weight is 642 g/mol. The molecule has 2 heterocycles. The number of carbonyl (C=O) groups excluding carboxylic acids is 6. The van der Waals surface area contributed by atoms with Crippen LogP contribution in [-0.2, 0) is 44.9 Å².